The fourth-order valence-electron chi connectivity index (χ4n) is 7.82. The maximum absolute atomic E-state index is 6.51. The van der Waals surface area contributed by atoms with E-state index in [1.807, 2.05) is 0 Å². The van der Waals surface area contributed by atoms with E-state index in [0.29, 0.717) is 271 Å². The van der Waals surface area contributed by atoms with Crippen LogP contribution in [0.1, 0.15) is 93.4 Å². The summed E-state index contributed by atoms with van der Waals surface area (Å²) < 4.78 is 131. The van der Waals surface area contributed by atoms with Gasteiger partial charge >= 0.3 is 0 Å². The van der Waals surface area contributed by atoms with Gasteiger partial charge in [-0.2, -0.15) is 0 Å². The summed E-state index contributed by atoms with van der Waals surface area (Å²) in [6.45, 7) is 40.0. The lowest BCUT2D eigenvalue weighted by Gasteiger charge is -2.24. The van der Waals surface area contributed by atoms with E-state index in [2.05, 4.69) is 55.0 Å². The van der Waals surface area contributed by atoms with Crippen molar-refractivity contribution in [1.29, 1.82) is 0 Å². The standard InChI is InChI=1S/C65H130O22/c1-9-17-67-24-26-74-33-40-81-44-61(45-82-41-34-75-27-25-68-18-10-2)51-84-53-63(47-78-37-30-71-21-13-5)55-86-57-65(49-80-39-32-73-23-15-7)59-87-58-64(48-79-38-31-72-22-14-6)56-85-54-62(46-77-36-29-70-20-12-4)52-83-50-60(42-66-16-8)43-76-35-28-69-19-11-3/h16,60-65H,8-15,17-59H2,1-7H3. The number of ether oxygens (including phenoxy) is 22. The van der Waals surface area contributed by atoms with E-state index in [1.165, 1.54) is 6.26 Å². The second-order valence-electron chi connectivity index (χ2n) is 21.4. The van der Waals surface area contributed by atoms with Crippen LogP contribution in [0, 0.1) is 35.5 Å². The summed E-state index contributed by atoms with van der Waals surface area (Å²) in [4.78, 5) is 0. The molecule has 0 spiro atoms. The van der Waals surface area contributed by atoms with Crippen LogP contribution < -0.4 is 0 Å². The molecule has 0 bridgehead atoms. The first-order valence-corrected chi connectivity index (χ1v) is 33.4. The molecule has 0 amide bonds. The topological polar surface area (TPSA) is 203 Å². The highest BCUT2D eigenvalue weighted by Gasteiger charge is 2.20. The Morgan fingerprint density at radius 3 is 0.448 bits per heavy atom. The Morgan fingerprint density at radius 2 is 0.299 bits per heavy atom. The smallest absolute Gasteiger partial charge is 0.0945 e. The van der Waals surface area contributed by atoms with Crippen LogP contribution in [-0.4, -0.2) is 284 Å². The van der Waals surface area contributed by atoms with Crippen molar-refractivity contribution in [3.8, 4) is 0 Å². The third-order valence-electron chi connectivity index (χ3n) is 12.2. The number of hydrogen-bond acceptors (Lipinski definition) is 22. The summed E-state index contributed by atoms with van der Waals surface area (Å²) in [5, 5.41) is 0. The molecule has 0 rings (SSSR count). The molecule has 0 aromatic carbocycles. The molecule has 0 aromatic heterocycles. The van der Waals surface area contributed by atoms with Gasteiger partial charge in [0.1, 0.15) is 0 Å². The lowest BCUT2D eigenvalue weighted by molar-refractivity contribution is -0.0705. The molecule has 22 nitrogen and oxygen atoms in total. The Morgan fingerprint density at radius 1 is 0.172 bits per heavy atom. The molecule has 5 atom stereocenters. The molecule has 0 aliphatic carbocycles. The lowest BCUT2D eigenvalue weighted by atomic mass is 10.1. The average molecular weight is 1260 g/mol. The minimum absolute atomic E-state index is 0.00879. The van der Waals surface area contributed by atoms with Gasteiger partial charge in [-0.05, 0) is 44.9 Å². The third-order valence-corrected chi connectivity index (χ3v) is 12.2. The molecule has 0 N–H and O–H groups in total. The molecule has 522 valence electrons. The Kier molecular flexibility index (Phi) is 72.6. The van der Waals surface area contributed by atoms with Crippen molar-refractivity contribution in [2.24, 2.45) is 35.5 Å². The van der Waals surface area contributed by atoms with Crippen LogP contribution in [0.5, 0.6) is 0 Å². The summed E-state index contributed by atoms with van der Waals surface area (Å²) >= 11 is 0. The number of hydrogen-bond donors (Lipinski definition) is 0. The summed E-state index contributed by atoms with van der Waals surface area (Å²) in [6, 6.07) is 0. The van der Waals surface area contributed by atoms with Gasteiger partial charge in [0.15, 0.2) is 0 Å². The fourth-order valence-corrected chi connectivity index (χ4v) is 7.82. The monoisotopic (exact) mass is 1260 g/mol. The van der Waals surface area contributed by atoms with Gasteiger partial charge in [0, 0.05) is 81.8 Å². The normalized spacial score (nSPS) is 13.7. The Hall–Kier alpha value is -1.30. The van der Waals surface area contributed by atoms with Crippen LogP contribution in [0.3, 0.4) is 0 Å². The van der Waals surface area contributed by atoms with Gasteiger partial charge in [-0.3, -0.25) is 0 Å². The van der Waals surface area contributed by atoms with Gasteiger partial charge in [0.2, 0.25) is 0 Å². The van der Waals surface area contributed by atoms with Gasteiger partial charge in [-0.1, -0.05) is 55.0 Å². The predicted octanol–water partition coefficient (Wildman–Crippen LogP) is 8.06. The van der Waals surface area contributed by atoms with E-state index >= 15 is 0 Å². The van der Waals surface area contributed by atoms with Crippen LogP contribution in [0.4, 0.5) is 0 Å². The second-order valence-corrected chi connectivity index (χ2v) is 21.4. The summed E-state index contributed by atoms with van der Waals surface area (Å²) in [5.41, 5.74) is 0. The SMILES string of the molecule is C=COCC(COCCOCCC)COCC(COCCOCCC)COCC(COCCOCCC)COCC(COCCOCCC)COCC(COCCOCCC)COCC(COCCOCCOCCC)COCCOCCOCCC. The molecule has 0 radical (unpaired) electrons. The maximum atomic E-state index is 6.51. The van der Waals surface area contributed by atoms with Crippen molar-refractivity contribution in [3.63, 3.8) is 0 Å². The van der Waals surface area contributed by atoms with E-state index in [0.717, 1.165) is 58.2 Å². The lowest BCUT2D eigenvalue weighted by Crippen LogP contribution is -2.31. The highest BCUT2D eigenvalue weighted by Crippen LogP contribution is 2.12. The average Bonchev–Trinajstić information content (AvgIpc) is 3.57. The molecule has 0 heterocycles. The molecule has 0 saturated heterocycles. The highest BCUT2D eigenvalue weighted by molar-refractivity contribution is 4.66. The van der Waals surface area contributed by atoms with E-state index in [4.69, 9.17) is 104 Å². The van der Waals surface area contributed by atoms with Crippen molar-refractivity contribution in [3.05, 3.63) is 12.8 Å². The van der Waals surface area contributed by atoms with Crippen LogP contribution in [0.15, 0.2) is 12.8 Å². The van der Waals surface area contributed by atoms with Crippen molar-refractivity contribution < 1.29 is 104 Å². The van der Waals surface area contributed by atoms with Crippen LogP contribution >= 0.6 is 0 Å². The zero-order valence-electron chi connectivity index (χ0n) is 56.1. The minimum Gasteiger partial charge on any atom is -0.501 e. The summed E-state index contributed by atoms with van der Waals surface area (Å²) in [6.07, 6.45) is 8.17. The largest absolute Gasteiger partial charge is 0.501 e. The van der Waals surface area contributed by atoms with Gasteiger partial charge in [-0.25, -0.2) is 0 Å². The van der Waals surface area contributed by atoms with Gasteiger partial charge < -0.3 is 104 Å². The van der Waals surface area contributed by atoms with Crippen molar-refractivity contribution in [2.75, 3.05) is 284 Å². The van der Waals surface area contributed by atoms with Gasteiger partial charge in [0.25, 0.3) is 0 Å². The molecular weight excluding hydrogens is 1130 g/mol. The van der Waals surface area contributed by atoms with Crippen LogP contribution in [0.2, 0.25) is 0 Å². The van der Waals surface area contributed by atoms with E-state index < -0.39 is 0 Å². The Balaban J connectivity index is 5.98. The maximum Gasteiger partial charge on any atom is 0.0945 e. The molecular formula is C65H130O22. The third kappa shape index (κ3) is 64.6. The zero-order chi connectivity index (χ0) is 63.1. The molecule has 0 saturated carbocycles. The first-order chi connectivity index (χ1) is 43.0. The molecule has 5 unspecified atom stereocenters. The molecule has 0 aromatic rings. The van der Waals surface area contributed by atoms with Crippen molar-refractivity contribution in [2.45, 2.75) is 93.4 Å². The van der Waals surface area contributed by atoms with E-state index in [9.17, 15) is 0 Å². The van der Waals surface area contributed by atoms with Crippen LogP contribution in [-0.2, 0) is 104 Å². The molecule has 22 heteroatoms. The molecule has 0 fully saturated rings. The quantitative estimate of drug-likeness (QED) is 0.0417. The molecule has 0 aliphatic rings. The van der Waals surface area contributed by atoms with E-state index in [-0.39, 0.29) is 35.5 Å². The van der Waals surface area contributed by atoms with Crippen LogP contribution in [0.25, 0.3) is 0 Å². The number of rotatable bonds is 78. The van der Waals surface area contributed by atoms with E-state index in [1.54, 1.807) is 0 Å². The molecule has 87 heavy (non-hydrogen) atoms. The summed E-state index contributed by atoms with van der Waals surface area (Å²) in [5.74, 6) is -0.269. The first kappa shape index (κ1) is 85.7. The fraction of sp³-hybridized carbons (Fsp3) is 0.969. The second kappa shape index (κ2) is 73.7. The van der Waals surface area contributed by atoms with Crippen molar-refractivity contribution in [1.82, 2.24) is 0 Å². The Labute approximate surface area is 528 Å². The summed E-state index contributed by atoms with van der Waals surface area (Å²) in [7, 11) is 0. The highest BCUT2D eigenvalue weighted by atomic mass is 16.6. The minimum atomic E-state index is -0.0779. The van der Waals surface area contributed by atoms with Gasteiger partial charge in [-0.15, -0.1) is 0 Å². The zero-order valence-corrected chi connectivity index (χ0v) is 56.1. The van der Waals surface area contributed by atoms with Crippen molar-refractivity contribution >= 4 is 0 Å². The first-order valence-electron chi connectivity index (χ1n) is 33.4. The molecule has 0 aliphatic heterocycles. The predicted molar refractivity (Wildman–Crippen MR) is 336 cm³/mol. The Bertz CT molecular complexity index is 1260. The van der Waals surface area contributed by atoms with Gasteiger partial charge in [0.05, 0.1) is 244 Å².